The lowest BCUT2D eigenvalue weighted by atomic mass is 9.97. The van der Waals surface area contributed by atoms with Gasteiger partial charge in [-0.25, -0.2) is 4.79 Å². The quantitative estimate of drug-likeness (QED) is 0.157. The van der Waals surface area contributed by atoms with Crippen LogP contribution < -0.4 is 31.9 Å². The molecule has 0 saturated heterocycles. The summed E-state index contributed by atoms with van der Waals surface area (Å²) in [7, 11) is 7.56. The Morgan fingerprint density at radius 2 is 0.632 bits per heavy atom. The van der Waals surface area contributed by atoms with Gasteiger partial charge >= 0.3 is 6.03 Å². The van der Waals surface area contributed by atoms with Crippen molar-refractivity contribution in [2.75, 3.05) is 49.5 Å². The third-order valence-electron chi connectivity index (χ3n) is 6.68. The van der Waals surface area contributed by atoms with Gasteiger partial charge in [0, 0.05) is 50.9 Å². The van der Waals surface area contributed by atoms with Crippen molar-refractivity contribution < 1.29 is 4.79 Å². The Kier molecular flexibility index (Phi) is 8.72. The molecule has 0 atom stereocenters. The van der Waals surface area contributed by atoms with E-state index in [0.29, 0.717) is 0 Å². The van der Waals surface area contributed by atoms with Gasteiger partial charge in [0.05, 0.1) is 12.1 Å². The molecule has 0 radical (unpaired) electrons. The summed E-state index contributed by atoms with van der Waals surface area (Å²) in [5.74, 6) is 0. The van der Waals surface area contributed by atoms with E-state index in [4.69, 9.17) is 0 Å². The number of carbonyl (C=O) groups is 1. The predicted molar refractivity (Wildman–Crippen MR) is 159 cm³/mol. The summed E-state index contributed by atoms with van der Waals surface area (Å²) in [5.41, 5.74) is 8.01. The van der Waals surface area contributed by atoms with Crippen molar-refractivity contribution in [1.82, 2.24) is 10.6 Å². The SMILES string of the molecule is CNc1ccc(C(NC(=O)NC(c2ccc(NC)cc2)c2ccc(NC)cc2)c2ccc(NC)cc2)cc1. The van der Waals surface area contributed by atoms with E-state index in [1.54, 1.807) is 0 Å². The fourth-order valence-corrected chi connectivity index (χ4v) is 4.39. The van der Waals surface area contributed by atoms with Gasteiger partial charge in [0.1, 0.15) is 0 Å². The summed E-state index contributed by atoms with van der Waals surface area (Å²) in [6, 6.07) is 31.5. The van der Waals surface area contributed by atoms with E-state index in [2.05, 4.69) is 31.9 Å². The molecule has 4 aromatic rings. The van der Waals surface area contributed by atoms with E-state index in [0.717, 1.165) is 45.0 Å². The highest BCUT2D eigenvalue weighted by Crippen LogP contribution is 2.27. The molecule has 4 rings (SSSR count). The molecular weight excluding hydrogens is 472 g/mol. The van der Waals surface area contributed by atoms with Gasteiger partial charge in [-0.3, -0.25) is 0 Å². The van der Waals surface area contributed by atoms with Crippen molar-refractivity contribution in [2.24, 2.45) is 0 Å². The van der Waals surface area contributed by atoms with Gasteiger partial charge < -0.3 is 31.9 Å². The van der Waals surface area contributed by atoms with Crippen LogP contribution in [0.1, 0.15) is 34.3 Å². The maximum absolute atomic E-state index is 13.6. The Labute approximate surface area is 225 Å². The number of benzene rings is 4. The zero-order chi connectivity index (χ0) is 26.9. The van der Waals surface area contributed by atoms with E-state index >= 15 is 0 Å². The molecular formula is C31H36N6O. The molecule has 0 saturated carbocycles. The number of rotatable bonds is 10. The molecule has 4 aromatic carbocycles. The number of urea groups is 1. The second-order valence-electron chi connectivity index (χ2n) is 8.97. The number of nitrogens with one attached hydrogen (secondary N) is 6. The van der Waals surface area contributed by atoms with Crippen LogP contribution in [0.4, 0.5) is 27.5 Å². The normalized spacial score (nSPS) is 10.7. The van der Waals surface area contributed by atoms with E-state index in [-0.39, 0.29) is 18.1 Å². The Morgan fingerprint density at radius 1 is 0.421 bits per heavy atom. The maximum Gasteiger partial charge on any atom is 0.316 e. The first-order chi connectivity index (χ1) is 18.5. The molecule has 0 aliphatic heterocycles. The standard InChI is InChI=1S/C31H36N6O/c1-32-25-13-5-21(6-14-25)29(22-7-15-26(33-2)16-8-22)36-31(38)37-30(23-9-17-27(34-3)18-10-23)24-11-19-28(35-4)20-12-24/h5-20,29-30,32-35H,1-4H3,(H2,36,37,38). The summed E-state index contributed by atoms with van der Waals surface area (Å²) in [6.07, 6.45) is 0. The largest absolute Gasteiger partial charge is 0.388 e. The van der Waals surface area contributed by atoms with Crippen molar-refractivity contribution >= 4 is 28.8 Å². The third-order valence-corrected chi connectivity index (χ3v) is 6.68. The Balaban J connectivity index is 1.63. The topological polar surface area (TPSA) is 89.2 Å². The highest BCUT2D eigenvalue weighted by Gasteiger charge is 2.21. The lowest BCUT2D eigenvalue weighted by molar-refractivity contribution is 0.236. The van der Waals surface area contributed by atoms with E-state index in [1.165, 1.54) is 0 Å². The average molecular weight is 509 g/mol. The average Bonchev–Trinajstić information content (AvgIpc) is 2.99. The fourth-order valence-electron chi connectivity index (χ4n) is 4.39. The van der Waals surface area contributed by atoms with Crippen LogP contribution in [0.5, 0.6) is 0 Å². The summed E-state index contributed by atoms with van der Waals surface area (Å²) in [6.45, 7) is 0. The first-order valence-electron chi connectivity index (χ1n) is 12.7. The summed E-state index contributed by atoms with van der Waals surface area (Å²) in [4.78, 5) is 13.6. The van der Waals surface area contributed by atoms with Crippen LogP contribution >= 0.6 is 0 Å². The fraction of sp³-hybridized carbons (Fsp3) is 0.194. The molecule has 7 nitrogen and oxygen atoms in total. The predicted octanol–water partition coefficient (Wildman–Crippen LogP) is 6.03. The van der Waals surface area contributed by atoms with Crippen LogP contribution in [0.2, 0.25) is 0 Å². The lowest BCUT2D eigenvalue weighted by Crippen LogP contribution is -2.40. The van der Waals surface area contributed by atoms with Gasteiger partial charge in [-0.1, -0.05) is 48.5 Å². The second kappa shape index (κ2) is 12.5. The molecule has 0 heterocycles. The van der Waals surface area contributed by atoms with Crippen molar-refractivity contribution in [3.8, 4) is 0 Å². The Hall–Kier alpha value is -4.65. The van der Waals surface area contributed by atoms with E-state index in [9.17, 15) is 4.79 Å². The van der Waals surface area contributed by atoms with Gasteiger partial charge in [0.2, 0.25) is 0 Å². The zero-order valence-corrected chi connectivity index (χ0v) is 22.3. The number of hydrogen-bond donors (Lipinski definition) is 6. The molecule has 0 aliphatic rings. The van der Waals surface area contributed by atoms with E-state index in [1.807, 2.05) is 125 Å². The van der Waals surface area contributed by atoms with Crippen LogP contribution in [0.3, 0.4) is 0 Å². The second-order valence-corrected chi connectivity index (χ2v) is 8.97. The molecule has 0 fully saturated rings. The van der Waals surface area contributed by atoms with Crippen molar-refractivity contribution in [3.05, 3.63) is 119 Å². The van der Waals surface area contributed by atoms with Gasteiger partial charge in [0.15, 0.2) is 0 Å². The molecule has 0 unspecified atom stereocenters. The number of anilines is 4. The lowest BCUT2D eigenvalue weighted by Gasteiger charge is -2.25. The van der Waals surface area contributed by atoms with Crippen molar-refractivity contribution in [3.63, 3.8) is 0 Å². The molecule has 0 bridgehead atoms. The monoisotopic (exact) mass is 508 g/mol. The number of amides is 2. The molecule has 0 spiro atoms. The van der Waals surface area contributed by atoms with Crippen molar-refractivity contribution in [2.45, 2.75) is 12.1 Å². The highest BCUT2D eigenvalue weighted by atomic mass is 16.2. The summed E-state index contributed by atoms with van der Waals surface area (Å²) < 4.78 is 0. The van der Waals surface area contributed by atoms with Gasteiger partial charge in [-0.15, -0.1) is 0 Å². The molecule has 38 heavy (non-hydrogen) atoms. The van der Waals surface area contributed by atoms with Crippen LogP contribution in [-0.2, 0) is 0 Å². The molecule has 196 valence electrons. The van der Waals surface area contributed by atoms with Crippen LogP contribution in [0.25, 0.3) is 0 Å². The van der Waals surface area contributed by atoms with Crippen LogP contribution in [-0.4, -0.2) is 34.2 Å². The van der Waals surface area contributed by atoms with Crippen LogP contribution in [0, 0.1) is 0 Å². The minimum absolute atomic E-state index is 0.259. The first-order valence-corrected chi connectivity index (χ1v) is 12.7. The minimum Gasteiger partial charge on any atom is -0.388 e. The van der Waals surface area contributed by atoms with Gasteiger partial charge in [0.25, 0.3) is 0 Å². The molecule has 2 amide bonds. The van der Waals surface area contributed by atoms with Gasteiger partial charge in [-0.05, 0) is 70.8 Å². The Morgan fingerprint density at radius 3 is 0.816 bits per heavy atom. The first kappa shape index (κ1) is 26.4. The molecule has 0 aliphatic carbocycles. The van der Waals surface area contributed by atoms with Crippen LogP contribution in [0.15, 0.2) is 97.1 Å². The third kappa shape index (κ3) is 6.37. The smallest absolute Gasteiger partial charge is 0.316 e. The zero-order valence-electron chi connectivity index (χ0n) is 22.3. The minimum atomic E-state index is -0.328. The Bertz CT molecular complexity index is 1100. The molecule has 6 N–H and O–H groups in total. The van der Waals surface area contributed by atoms with Crippen molar-refractivity contribution in [1.29, 1.82) is 0 Å². The maximum atomic E-state index is 13.6. The number of carbonyl (C=O) groups excluding carboxylic acids is 1. The molecule has 0 aromatic heterocycles. The van der Waals surface area contributed by atoms with Gasteiger partial charge in [-0.2, -0.15) is 0 Å². The summed E-state index contributed by atoms with van der Waals surface area (Å²) in [5, 5.41) is 19.1. The molecule has 7 heteroatoms. The van der Waals surface area contributed by atoms with E-state index < -0.39 is 0 Å². The summed E-state index contributed by atoms with van der Waals surface area (Å²) >= 11 is 0. The number of hydrogen-bond acceptors (Lipinski definition) is 5. The highest BCUT2D eigenvalue weighted by molar-refractivity contribution is 5.76.